The van der Waals surface area contributed by atoms with Crippen molar-refractivity contribution in [1.29, 1.82) is 0 Å². The molecule has 1 rings (SSSR count). The normalized spacial score (nSPS) is 23.8. The van der Waals surface area contributed by atoms with Crippen LogP contribution in [0, 0.1) is 11.3 Å². The van der Waals surface area contributed by atoms with E-state index in [-0.39, 0.29) is 11.7 Å². The van der Waals surface area contributed by atoms with Crippen LogP contribution in [0.15, 0.2) is 0 Å². The predicted octanol–water partition coefficient (Wildman–Crippen LogP) is 2.82. The Morgan fingerprint density at radius 2 is 1.62 bits per heavy atom. The van der Waals surface area contributed by atoms with Crippen LogP contribution in [-0.2, 0) is 9.47 Å². The smallest absolute Gasteiger partial charge is 0.160 e. The van der Waals surface area contributed by atoms with Crippen molar-refractivity contribution in [3.05, 3.63) is 0 Å². The van der Waals surface area contributed by atoms with E-state index in [9.17, 15) is 0 Å². The van der Waals surface area contributed by atoms with E-state index < -0.39 is 0 Å². The van der Waals surface area contributed by atoms with Crippen molar-refractivity contribution < 1.29 is 9.47 Å². The van der Waals surface area contributed by atoms with Gasteiger partial charge in [0.1, 0.15) is 0 Å². The topological polar surface area (TPSA) is 18.5 Å². The lowest BCUT2D eigenvalue weighted by atomic mass is 9.94. The molecule has 0 bridgehead atoms. The van der Waals surface area contributed by atoms with Crippen molar-refractivity contribution in [3.63, 3.8) is 0 Å². The molecule has 0 amide bonds. The highest BCUT2D eigenvalue weighted by molar-refractivity contribution is 4.73. The second kappa shape index (κ2) is 4.43. The minimum Gasteiger partial charge on any atom is -0.352 e. The molecule has 1 fully saturated rings. The van der Waals surface area contributed by atoms with Gasteiger partial charge in [-0.2, -0.15) is 0 Å². The highest BCUT2D eigenvalue weighted by atomic mass is 16.7. The van der Waals surface area contributed by atoms with Crippen molar-refractivity contribution in [1.82, 2.24) is 0 Å². The highest BCUT2D eigenvalue weighted by Crippen LogP contribution is 2.28. The molecule has 2 heteroatoms. The molecule has 0 aromatic rings. The second-order valence-electron chi connectivity index (χ2n) is 4.73. The molecule has 0 radical (unpaired) electrons. The summed E-state index contributed by atoms with van der Waals surface area (Å²) in [7, 11) is 0. The van der Waals surface area contributed by atoms with Crippen LogP contribution < -0.4 is 0 Å². The molecule has 0 N–H and O–H groups in total. The van der Waals surface area contributed by atoms with Gasteiger partial charge in [0.05, 0.1) is 13.2 Å². The van der Waals surface area contributed by atoms with Crippen molar-refractivity contribution >= 4 is 0 Å². The molecule has 0 unspecified atom stereocenters. The van der Waals surface area contributed by atoms with Gasteiger partial charge < -0.3 is 9.47 Å². The van der Waals surface area contributed by atoms with Crippen LogP contribution in [0.4, 0.5) is 0 Å². The molecular formula is C11H22O2. The van der Waals surface area contributed by atoms with E-state index in [4.69, 9.17) is 9.47 Å². The molecule has 0 atom stereocenters. The average molecular weight is 186 g/mol. The van der Waals surface area contributed by atoms with E-state index in [1.165, 1.54) is 0 Å². The molecule has 0 spiro atoms. The molecule has 0 saturated carbocycles. The maximum absolute atomic E-state index is 5.71. The fraction of sp³-hybridized carbons (Fsp3) is 1.00. The third kappa shape index (κ3) is 2.96. The summed E-state index contributed by atoms with van der Waals surface area (Å²) in [5, 5.41) is 0. The first-order valence-corrected chi connectivity index (χ1v) is 5.32. The molecule has 78 valence electrons. The molecule has 2 nitrogen and oxygen atoms in total. The molecular weight excluding hydrogens is 164 g/mol. The average Bonchev–Trinajstić information content (AvgIpc) is 2.09. The van der Waals surface area contributed by atoms with Crippen LogP contribution in [0.2, 0.25) is 0 Å². The quantitative estimate of drug-likeness (QED) is 0.674. The van der Waals surface area contributed by atoms with Crippen molar-refractivity contribution in [2.24, 2.45) is 11.3 Å². The van der Waals surface area contributed by atoms with Crippen LogP contribution in [0.25, 0.3) is 0 Å². The largest absolute Gasteiger partial charge is 0.352 e. The predicted molar refractivity (Wildman–Crippen MR) is 53.5 cm³/mol. The van der Waals surface area contributed by atoms with Crippen LogP contribution >= 0.6 is 0 Å². The highest BCUT2D eigenvalue weighted by Gasteiger charge is 2.31. The zero-order valence-corrected chi connectivity index (χ0v) is 9.30. The maximum atomic E-state index is 5.71. The summed E-state index contributed by atoms with van der Waals surface area (Å²) in [5.74, 6) is 0.566. The molecule has 0 aromatic carbocycles. The van der Waals surface area contributed by atoms with Gasteiger partial charge in [-0.15, -0.1) is 0 Å². The van der Waals surface area contributed by atoms with Crippen molar-refractivity contribution in [3.8, 4) is 0 Å². The Morgan fingerprint density at radius 1 is 1.15 bits per heavy atom. The number of hydrogen-bond donors (Lipinski definition) is 0. The van der Waals surface area contributed by atoms with E-state index in [0.717, 1.165) is 26.1 Å². The molecule has 1 heterocycles. The lowest BCUT2D eigenvalue weighted by Gasteiger charge is -2.37. The standard InChI is InChI=1S/C11H22O2/c1-5-9(6-2)10-12-7-11(3,4)8-13-10/h9-10H,5-8H2,1-4H3. The van der Waals surface area contributed by atoms with Gasteiger partial charge in [-0.3, -0.25) is 0 Å². The Morgan fingerprint density at radius 3 is 2.00 bits per heavy atom. The van der Waals surface area contributed by atoms with Crippen molar-refractivity contribution in [2.45, 2.75) is 46.8 Å². The van der Waals surface area contributed by atoms with Crippen LogP contribution in [0.3, 0.4) is 0 Å². The first-order valence-electron chi connectivity index (χ1n) is 5.32. The minimum absolute atomic E-state index is 0.0445. The van der Waals surface area contributed by atoms with E-state index in [2.05, 4.69) is 27.7 Å². The molecule has 1 saturated heterocycles. The lowest BCUT2D eigenvalue weighted by Crippen LogP contribution is -2.41. The number of ether oxygens (including phenoxy) is 2. The zero-order chi connectivity index (χ0) is 9.90. The van der Waals surface area contributed by atoms with Crippen LogP contribution in [-0.4, -0.2) is 19.5 Å². The van der Waals surface area contributed by atoms with Gasteiger partial charge in [0.25, 0.3) is 0 Å². The Balaban J connectivity index is 2.39. The summed E-state index contributed by atoms with van der Waals surface area (Å²) < 4.78 is 11.4. The lowest BCUT2D eigenvalue weighted by molar-refractivity contribution is -0.243. The van der Waals surface area contributed by atoms with Crippen molar-refractivity contribution in [2.75, 3.05) is 13.2 Å². The van der Waals surface area contributed by atoms with Gasteiger partial charge in [-0.1, -0.05) is 27.7 Å². The molecule has 1 aliphatic heterocycles. The van der Waals surface area contributed by atoms with Gasteiger partial charge in [-0.25, -0.2) is 0 Å². The summed E-state index contributed by atoms with van der Waals surface area (Å²) in [5.41, 5.74) is 0.197. The summed E-state index contributed by atoms with van der Waals surface area (Å²) >= 11 is 0. The SMILES string of the molecule is CCC(CC)C1OCC(C)(C)CO1. The molecule has 0 aliphatic carbocycles. The Labute approximate surface area is 81.6 Å². The molecule has 0 aromatic heterocycles. The molecule has 13 heavy (non-hydrogen) atoms. The molecule has 1 aliphatic rings. The van der Waals surface area contributed by atoms with E-state index in [1.807, 2.05) is 0 Å². The first kappa shape index (κ1) is 11.0. The monoisotopic (exact) mass is 186 g/mol. The summed E-state index contributed by atoms with van der Waals surface area (Å²) in [6.07, 6.45) is 2.33. The fourth-order valence-electron chi connectivity index (χ4n) is 1.65. The van der Waals surface area contributed by atoms with Gasteiger partial charge in [-0.05, 0) is 12.8 Å². The Bertz CT molecular complexity index is 140. The van der Waals surface area contributed by atoms with Gasteiger partial charge in [0.2, 0.25) is 0 Å². The Kier molecular flexibility index (Phi) is 3.74. The minimum atomic E-state index is 0.0445. The third-order valence-electron chi connectivity index (χ3n) is 2.71. The van der Waals surface area contributed by atoms with Gasteiger partial charge in [0, 0.05) is 11.3 Å². The summed E-state index contributed by atoms with van der Waals surface area (Å²) in [4.78, 5) is 0. The Hall–Kier alpha value is -0.0800. The summed E-state index contributed by atoms with van der Waals surface area (Å²) in [6, 6.07) is 0. The maximum Gasteiger partial charge on any atom is 0.160 e. The fourth-order valence-corrected chi connectivity index (χ4v) is 1.65. The number of rotatable bonds is 3. The van der Waals surface area contributed by atoms with Gasteiger partial charge >= 0.3 is 0 Å². The van der Waals surface area contributed by atoms with Crippen LogP contribution in [0.1, 0.15) is 40.5 Å². The summed E-state index contributed by atoms with van der Waals surface area (Å²) in [6.45, 7) is 10.4. The zero-order valence-electron chi connectivity index (χ0n) is 9.30. The van der Waals surface area contributed by atoms with Crippen LogP contribution in [0.5, 0.6) is 0 Å². The third-order valence-corrected chi connectivity index (χ3v) is 2.71. The first-order chi connectivity index (χ1) is 6.09. The van der Waals surface area contributed by atoms with E-state index >= 15 is 0 Å². The van der Waals surface area contributed by atoms with Gasteiger partial charge in [0.15, 0.2) is 6.29 Å². The second-order valence-corrected chi connectivity index (χ2v) is 4.73. The number of hydrogen-bond acceptors (Lipinski definition) is 2. The van der Waals surface area contributed by atoms with E-state index in [0.29, 0.717) is 5.92 Å². The van der Waals surface area contributed by atoms with E-state index in [1.54, 1.807) is 0 Å².